The summed E-state index contributed by atoms with van der Waals surface area (Å²) < 4.78 is 1.67. The lowest BCUT2D eigenvalue weighted by Crippen LogP contribution is -1.91. The lowest BCUT2D eigenvalue weighted by molar-refractivity contribution is 0.111. The molecule has 0 aliphatic heterocycles. The highest BCUT2D eigenvalue weighted by Gasteiger charge is 2.07. The lowest BCUT2D eigenvalue weighted by atomic mass is 10.3. The van der Waals surface area contributed by atoms with Crippen molar-refractivity contribution in [3.63, 3.8) is 0 Å². The number of nitrogens with zero attached hydrogens (tertiary/aromatic N) is 2. The maximum atomic E-state index is 10.6. The molecule has 0 unspecified atom stereocenters. The molecular formula is C9H7ClN2O. The van der Waals surface area contributed by atoms with Gasteiger partial charge in [-0.05, 0) is 24.6 Å². The largest absolute Gasteiger partial charge is 0.296 e. The molecule has 66 valence electrons. The third kappa shape index (κ3) is 1.21. The minimum atomic E-state index is 0.333. The van der Waals surface area contributed by atoms with Crippen molar-refractivity contribution < 1.29 is 4.79 Å². The maximum absolute atomic E-state index is 10.6. The van der Waals surface area contributed by atoms with E-state index in [0.717, 1.165) is 11.1 Å². The fraction of sp³-hybridized carbons (Fsp3) is 0.111. The highest BCUT2D eigenvalue weighted by molar-refractivity contribution is 6.32. The Bertz CT molecular complexity index is 476. The van der Waals surface area contributed by atoms with E-state index in [1.807, 2.05) is 19.1 Å². The predicted molar refractivity (Wildman–Crippen MR) is 50.3 cm³/mol. The molecule has 13 heavy (non-hydrogen) atoms. The summed E-state index contributed by atoms with van der Waals surface area (Å²) in [6.07, 6.45) is 2.47. The third-order valence-corrected chi connectivity index (χ3v) is 2.16. The molecule has 2 heterocycles. The summed E-state index contributed by atoms with van der Waals surface area (Å²) in [7, 11) is 0. The number of fused-ring (bicyclic) bond motifs is 1. The zero-order valence-corrected chi connectivity index (χ0v) is 7.75. The van der Waals surface area contributed by atoms with Crippen LogP contribution < -0.4 is 0 Å². The van der Waals surface area contributed by atoms with Crippen LogP contribution in [0.3, 0.4) is 0 Å². The summed E-state index contributed by atoms with van der Waals surface area (Å²) in [6.45, 7) is 1.96. The van der Waals surface area contributed by atoms with Gasteiger partial charge in [-0.25, -0.2) is 4.98 Å². The molecular weight excluding hydrogens is 188 g/mol. The number of hydrogen-bond acceptors (Lipinski definition) is 2. The Morgan fingerprint density at radius 3 is 3.08 bits per heavy atom. The quantitative estimate of drug-likeness (QED) is 0.652. The zero-order chi connectivity index (χ0) is 9.42. The average Bonchev–Trinajstić information content (AvgIpc) is 2.43. The van der Waals surface area contributed by atoms with Gasteiger partial charge in [0.1, 0.15) is 0 Å². The number of carbonyl (C=O) groups is 1. The molecule has 0 bridgehead atoms. The van der Waals surface area contributed by atoms with Crippen molar-refractivity contribution >= 4 is 23.4 Å². The maximum Gasteiger partial charge on any atom is 0.186 e. The van der Waals surface area contributed by atoms with Gasteiger partial charge in [0.05, 0.1) is 5.52 Å². The van der Waals surface area contributed by atoms with Crippen LogP contribution in [0.4, 0.5) is 0 Å². The highest BCUT2D eigenvalue weighted by Crippen LogP contribution is 2.18. The molecule has 0 radical (unpaired) electrons. The van der Waals surface area contributed by atoms with Crippen LogP contribution in [0.2, 0.25) is 5.15 Å². The number of pyridine rings is 1. The third-order valence-electron chi connectivity index (χ3n) is 1.89. The molecule has 0 fully saturated rings. The first-order chi connectivity index (χ1) is 6.22. The monoisotopic (exact) mass is 194 g/mol. The van der Waals surface area contributed by atoms with E-state index < -0.39 is 0 Å². The Morgan fingerprint density at radius 2 is 2.38 bits per heavy atom. The molecule has 2 rings (SSSR count). The van der Waals surface area contributed by atoms with E-state index >= 15 is 0 Å². The summed E-state index contributed by atoms with van der Waals surface area (Å²) in [6, 6.07) is 3.79. The molecule has 4 heteroatoms. The molecule has 2 aromatic heterocycles. The Labute approximate surface area is 80.0 Å². The van der Waals surface area contributed by atoms with Crippen molar-refractivity contribution in [1.29, 1.82) is 0 Å². The second-order valence-electron chi connectivity index (χ2n) is 2.84. The summed E-state index contributed by atoms with van der Waals surface area (Å²) in [5.74, 6) is 0.333. The molecule has 3 nitrogen and oxygen atoms in total. The van der Waals surface area contributed by atoms with Gasteiger partial charge in [-0.3, -0.25) is 9.20 Å². The van der Waals surface area contributed by atoms with E-state index in [4.69, 9.17) is 11.6 Å². The standard InChI is InChI=1S/C9H7ClN2O/c1-6-2-3-12-7(4-6)9(10)11-8(12)5-13/h2-5H,1H3. The first-order valence-electron chi connectivity index (χ1n) is 3.82. The summed E-state index contributed by atoms with van der Waals surface area (Å²) in [5, 5.41) is 0.366. The molecule has 0 saturated heterocycles. The Kier molecular flexibility index (Phi) is 1.81. The number of aldehydes is 1. The van der Waals surface area contributed by atoms with Gasteiger partial charge in [0, 0.05) is 6.20 Å². The zero-order valence-electron chi connectivity index (χ0n) is 6.99. The lowest BCUT2D eigenvalue weighted by Gasteiger charge is -1.96. The van der Waals surface area contributed by atoms with Crippen molar-refractivity contribution in [2.24, 2.45) is 0 Å². The van der Waals surface area contributed by atoms with Gasteiger partial charge < -0.3 is 0 Å². The fourth-order valence-corrected chi connectivity index (χ4v) is 1.49. The van der Waals surface area contributed by atoms with E-state index in [-0.39, 0.29) is 0 Å². The first kappa shape index (κ1) is 8.26. The number of halogens is 1. The summed E-state index contributed by atoms with van der Waals surface area (Å²) in [5.41, 5.74) is 1.86. The van der Waals surface area contributed by atoms with Gasteiger partial charge in [-0.2, -0.15) is 0 Å². The molecule has 0 aliphatic rings. The summed E-state index contributed by atoms with van der Waals surface area (Å²) >= 11 is 5.84. The molecule has 0 spiro atoms. The number of imidazole rings is 1. The van der Waals surface area contributed by atoms with Crippen LogP contribution in [0.25, 0.3) is 5.52 Å². The molecule has 0 N–H and O–H groups in total. The van der Waals surface area contributed by atoms with Crippen LogP contribution >= 0.6 is 11.6 Å². The highest BCUT2D eigenvalue weighted by atomic mass is 35.5. The van der Waals surface area contributed by atoms with Crippen LogP contribution in [0.15, 0.2) is 18.3 Å². The van der Waals surface area contributed by atoms with Gasteiger partial charge in [0.2, 0.25) is 0 Å². The second kappa shape index (κ2) is 2.85. The van der Waals surface area contributed by atoms with Crippen LogP contribution in [0.5, 0.6) is 0 Å². The smallest absolute Gasteiger partial charge is 0.186 e. The van der Waals surface area contributed by atoms with Crippen molar-refractivity contribution in [1.82, 2.24) is 9.38 Å². The van der Waals surface area contributed by atoms with Gasteiger partial charge >= 0.3 is 0 Å². The van der Waals surface area contributed by atoms with Gasteiger partial charge in [-0.15, -0.1) is 0 Å². The Hall–Kier alpha value is -1.35. The fourth-order valence-electron chi connectivity index (χ4n) is 1.26. The normalized spacial score (nSPS) is 10.6. The van der Waals surface area contributed by atoms with E-state index in [1.165, 1.54) is 0 Å². The van der Waals surface area contributed by atoms with Crippen molar-refractivity contribution in [3.05, 3.63) is 34.9 Å². The van der Waals surface area contributed by atoms with Crippen molar-refractivity contribution in [2.75, 3.05) is 0 Å². The van der Waals surface area contributed by atoms with E-state index in [0.29, 0.717) is 17.3 Å². The minimum absolute atomic E-state index is 0.333. The van der Waals surface area contributed by atoms with Gasteiger partial charge in [-0.1, -0.05) is 11.6 Å². The molecule has 0 saturated carbocycles. The van der Waals surface area contributed by atoms with E-state index in [2.05, 4.69) is 4.98 Å². The van der Waals surface area contributed by atoms with E-state index in [1.54, 1.807) is 10.6 Å². The second-order valence-corrected chi connectivity index (χ2v) is 3.20. The Balaban J connectivity index is 2.88. The number of aryl methyl sites for hydroxylation is 1. The molecule has 0 aliphatic carbocycles. The van der Waals surface area contributed by atoms with Crippen LogP contribution in [-0.2, 0) is 0 Å². The predicted octanol–water partition coefficient (Wildman–Crippen LogP) is 2.11. The number of rotatable bonds is 1. The number of aromatic nitrogens is 2. The van der Waals surface area contributed by atoms with E-state index in [9.17, 15) is 4.79 Å². The van der Waals surface area contributed by atoms with Crippen LogP contribution in [0.1, 0.15) is 16.2 Å². The molecule has 0 aromatic carbocycles. The van der Waals surface area contributed by atoms with Crippen molar-refractivity contribution in [2.45, 2.75) is 6.92 Å². The topological polar surface area (TPSA) is 34.4 Å². The number of carbonyl (C=O) groups excluding carboxylic acids is 1. The number of hydrogen-bond donors (Lipinski definition) is 0. The average molecular weight is 195 g/mol. The Morgan fingerprint density at radius 1 is 1.62 bits per heavy atom. The minimum Gasteiger partial charge on any atom is -0.296 e. The first-order valence-corrected chi connectivity index (χ1v) is 4.19. The van der Waals surface area contributed by atoms with Crippen LogP contribution in [-0.4, -0.2) is 15.7 Å². The van der Waals surface area contributed by atoms with Crippen molar-refractivity contribution in [3.8, 4) is 0 Å². The molecule has 0 atom stereocenters. The van der Waals surface area contributed by atoms with Gasteiger partial charge in [0.15, 0.2) is 17.3 Å². The molecule has 0 amide bonds. The van der Waals surface area contributed by atoms with Gasteiger partial charge in [0.25, 0.3) is 0 Å². The SMILES string of the molecule is Cc1ccn2c(C=O)nc(Cl)c2c1. The summed E-state index contributed by atoms with van der Waals surface area (Å²) in [4.78, 5) is 14.5. The van der Waals surface area contributed by atoms with Crippen LogP contribution in [0, 0.1) is 6.92 Å². The molecule has 2 aromatic rings.